The molecule has 18 heavy (non-hydrogen) atoms. The highest BCUT2D eigenvalue weighted by molar-refractivity contribution is 7.95. The summed E-state index contributed by atoms with van der Waals surface area (Å²) in [5.41, 5.74) is 0. The lowest BCUT2D eigenvalue weighted by Crippen LogP contribution is -2.43. The lowest BCUT2D eigenvalue weighted by atomic mass is 9.96. The molecular formula is C11H21NO4S2. The zero-order valence-electron chi connectivity index (χ0n) is 10.7. The van der Waals surface area contributed by atoms with E-state index in [4.69, 9.17) is 0 Å². The molecular weight excluding hydrogens is 274 g/mol. The predicted molar refractivity (Wildman–Crippen MR) is 70.6 cm³/mol. The third kappa shape index (κ3) is 2.88. The average molecular weight is 295 g/mol. The minimum absolute atomic E-state index is 0.00933. The summed E-state index contributed by atoms with van der Waals surface area (Å²) >= 11 is 0. The summed E-state index contributed by atoms with van der Waals surface area (Å²) in [7, 11) is -5.00. The molecule has 0 spiro atoms. The number of sulfone groups is 1. The first-order valence-electron chi connectivity index (χ1n) is 6.50. The number of rotatable bonds is 3. The first-order valence-corrected chi connectivity index (χ1v) is 9.83. The third-order valence-electron chi connectivity index (χ3n) is 4.10. The Morgan fingerprint density at radius 1 is 1.06 bits per heavy atom. The zero-order chi connectivity index (χ0) is 13.4. The van der Waals surface area contributed by atoms with Crippen molar-refractivity contribution in [3.63, 3.8) is 0 Å². The molecule has 1 aliphatic carbocycles. The third-order valence-corrected chi connectivity index (χ3v) is 8.43. The van der Waals surface area contributed by atoms with Crippen LogP contribution in [0.2, 0.25) is 0 Å². The smallest absolute Gasteiger partial charge is 0.218 e. The van der Waals surface area contributed by atoms with Crippen LogP contribution in [0.4, 0.5) is 0 Å². The number of hydrogen-bond acceptors (Lipinski definition) is 4. The van der Waals surface area contributed by atoms with Crippen molar-refractivity contribution in [1.82, 2.24) is 4.31 Å². The minimum atomic E-state index is -3.46. The Kier molecular flexibility index (Phi) is 4.04. The van der Waals surface area contributed by atoms with E-state index in [1.54, 1.807) is 7.05 Å². The average Bonchev–Trinajstić information content (AvgIpc) is 2.70. The molecule has 1 heterocycles. The highest BCUT2D eigenvalue weighted by Crippen LogP contribution is 2.28. The van der Waals surface area contributed by atoms with Crippen LogP contribution < -0.4 is 0 Å². The van der Waals surface area contributed by atoms with Crippen LogP contribution in [0.5, 0.6) is 0 Å². The fourth-order valence-electron chi connectivity index (χ4n) is 2.88. The van der Waals surface area contributed by atoms with Gasteiger partial charge in [0.25, 0.3) is 0 Å². The van der Waals surface area contributed by atoms with Gasteiger partial charge in [0.05, 0.1) is 16.8 Å². The van der Waals surface area contributed by atoms with Gasteiger partial charge in [0.15, 0.2) is 9.84 Å². The highest BCUT2D eigenvalue weighted by Gasteiger charge is 2.41. The van der Waals surface area contributed by atoms with E-state index < -0.39 is 25.1 Å². The van der Waals surface area contributed by atoms with Crippen LogP contribution in [0.15, 0.2) is 0 Å². The summed E-state index contributed by atoms with van der Waals surface area (Å²) < 4.78 is 49.0. The second kappa shape index (κ2) is 5.09. The van der Waals surface area contributed by atoms with Crippen molar-refractivity contribution < 1.29 is 16.8 Å². The Bertz CT molecular complexity index is 491. The van der Waals surface area contributed by atoms with E-state index >= 15 is 0 Å². The molecule has 0 amide bonds. The Balaban J connectivity index is 2.10. The summed E-state index contributed by atoms with van der Waals surface area (Å²) in [5, 5.41) is -0.727. The molecule has 106 valence electrons. The van der Waals surface area contributed by atoms with Gasteiger partial charge in [-0.25, -0.2) is 21.1 Å². The van der Waals surface area contributed by atoms with Gasteiger partial charge in [0.1, 0.15) is 0 Å². The summed E-state index contributed by atoms with van der Waals surface area (Å²) in [6, 6.07) is 0.0621. The van der Waals surface area contributed by atoms with E-state index in [0.29, 0.717) is 0 Å². The molecule has 7 heteroatoms. The quantitative estimate of drug-likeness (QED) is 0.771. The Morgan fingerprint density at radius 3 is 2.17 bits per heavy atom. The highest BCUT2D eigenvalue weighted by atomic mass is 32.2. The first-order chi connectivity index (χ1) is 8.33. The fourth-order valence-corrected chi connectivity index (χ4v) is 7.40. The van der Waals surface area contributed by atoms with Crippen LogP contribution in [-0.2, 0) is 19.9 Å². The fraction of sp³-hybridized carbons (Fsp3) is 1.00. The van der Waals surface area contributed by atoms with Crippen molar-refractivity contribution in [2.45, 2.75) is 49.8 Å². The normalized spacial score (nSPS) is 29.8. The number of hydrogen-bond donors (Lipinski definition) is 0. The maximum absolute atomic E-state index is 12.4. The van der Waals surface area contributed by atoms with E-state index in [1.165, 1.54) is 10.7 Å². The van der Waals surface area contributed by atoms with E-state index in [9.17, 15) is 16.8 Å². The second-order valence-electron chi connectivity index (χ2n) is 5.38. The monoisotopic (exact) mass is 295 g/mol. The molecule has 0 N–H and O–H groups in total. The van der Waals surface area contributed by atoms with Crippen LogP contribution in [-0.4, -0.2) is 51.0 Å². The molecule has 1 saturated heterocycles. The summed E-state index contributed by atoms with van der Waals surface area (Å²) in [6.45, 7) is 0. The lowest BCUT2D eigenvalue weighted by molar-refractivity contribution is 0.284. The van der Waals surface area contributed by atoms with Crippen LogP contribution in [0.3, 0.4) is 0 Å². The predicted octanol–water partition coefficient (Wildman–Crippen LogP) is 0.768. The van der Waals surface area contributed by atoms with Crippen molar-refractivity contribution in [3.05, 3.63) is 0 Å². The van der Waals surface area contributed by atoms with Crippen molar-refractivity contribution >= 4 is 19.9 Å². The first kappa shape index (κ1) is 14.3. The molecule has 0 bridgehead atoms. The molecule has 2 aliphatic rings. The largest absolute Gasteiger partial charge is 0.229 e. The molecule has 0 aromatic rings. The molecule has 1 aliphatic heterocycles. The van der Waals surface area contributed by atoms with Gasteiger partial charge in [-0.2, -0.15) is 0 Å². The lowest BCUT2D eigenvalue weighted by Gasteiger charge is -2.32. The SMILES string of the molecule is CN(C1CCCCC1)S(=O)(=O)[C@@H]1CCS(=O)(=O)C1. The van der Waals surface area contributed by atoms with E-state index in [1.807, 2.05) is 0 Å². The van der Waals surface area contributed by atoms with Crippen molar-refractivity contribution in [3.8, 4) is 0 Å². The van der Waals surface area contributed by atoms with Crippen molar-refractivity contribution in [1.29, 1.82) is 0 Å². The molecule has 1 atom stereocenters. The maximum Gasteiger partial charge on any atom is 0.218 e. The van der Waals surface area contributed by atoms with Crippen molar-refractivity contribution in [2.75, 3.05) is 18.6 Å². The van der Waals surface area contributed by atoms with Crippen LogP contribution in [0, 0.1) is 0 Å². The maximum atomic E-state index is 12.4. The topological polar surface area (TPSA) is 71.5 Å². The summed E-state index contributed by atoms with van der Waals surface area (Å²) in [5.74, 6) is -0.193. The Labute approximate surface area is 110 Å². The van der Waals surface area contributed by atoms with Gasteiger partial charge in [-0.3, -0.25) is 0 Å². The van der Waals surface area contributed by atoms with Gasteiger partial charge in [-0.1, -0.05) is 19.3 Å². The van der Waals surface area contributed by atoms with Gasteiger partial charge >= 0.3 is 0 Å². The van der Waals surface area contributed by atoms with Crippen LogP contribution in [0.1, 0.15) is 38.5 Å². The van der Waals surface area contributed by atoms with E-state index in [2.05, 4.69) is 0 Å². The molecule has 5 nitrogen and oxygen atoms in total. The Hall–Kier alpha value is -0.140. The summed E-state index contributed by atoms with van der Waals surface area (Å²) in [4.78, 5) is 0. The van der Waals surface area contributed by atoms with Gasteiger partial charge in [-0.15, -0.1) is 0 Å². The van der Waals surface area contributed by atoms with E-state index in [0.717, 1.165) is 25.7 Å². The minimum Gasteiger partial charge on any atom is -0.229 e. The van der Waals surface area contributed by atoms with Crippen LogP contribution in [0.25, 0.3) is 0 Å². The molecule has 2 rings (SSSR count). The Morgan fingerprint density at radius 2 is 1.67 bits per heavy atom. The number of nitrogens with zero attached hydrogens (tertiary/aromatic N) is 1. The molecule has 0 radical (unpaired) electrons. The van der Waals surface area contributed by atoms with Gasteiger partial charge in [0.2, 0.25) is 10.0 Å². The van der Waals surface area contributed by atoms with E-state index in [-0.39, 0.29) is 24.0 Å². The van der Waals surface area contributed by atoms with Gasteiger partial charge in [-0.05, 0) is 19.3 Å². The van der Waals surface area contributed by atoms with Crippen LogP contribution >= 0.6 is 0 Å². The molecule has 0 aromatic heterocycles. The molecule has 0 unspecified atom stereocenters. The van der Waals surface area contributed by atoms with Gasteiger partial charge < -0.3 is 0 Å². The summed E-state index contributed by atoms with van der Waals surface area (Å²) in [6.07, 6.45) is 5.34. The van der Waals surface area contributed by atoms with Gasteiger partial charge in [0, 0.05) is 13.1 Å². The molecule has 2 fully saturated rings. The second-order valence-corrected chi connectivity index (χ2v) is 9.88. The standard InChI is InChI=1S/C11H21NO4S2/c1-12(10-5-3-2-4-6-10)18(15,16)11-7-8-17(13,14)9-11/h10-11H,2-9H2,1H3/t11-/m1/s1. The molecule has 0 aromatic carbocycles. The molecule has 1 saturated carbocycles. The van der Waals surface area contributed by atoms with Crippen molar-refractivity contribution in [2.24, 2.45) is 0 Å². The number of sulfonamides is 1. The zero-order valence-corrected chi connectivity index (χ0v) is 12.3.